The minimum atomic E-state index is -0.353. The summed E-state index contributed by atoms with van der Waals surface area (Å²) >= 11 is 6.06. The molecule has 0 saturated heterocycles. The lowest BCUT2D eigenvalue weighted by Crippen LogP contribution is -2.15. The van der Waals surface area contributed by atoms with E-state index in [-0.39, 0.29) is 11.9 Å². The zero-order chi connectivity index (χ0) is 17.7. The van der Waals surface area contributed by atoms with Gasteiger partial charge in [-0.1, -0.05) is 11.6 Å². The molecule has 0 saturated carbocycles. The van der Waals surface area contributed by atoms with Crippen LogP contribution in [0.25, 0.3) is 0 Å². The molecule has 0 aliphatic rings. The number of aromatic nitrogens is 1. The molecule has 2 N–H and O–H groups in total. The number of carbonyl (C=O) groups is 1. The molecule has 0 aliphatic carbocycles. The van der Waals surface area contributed by atoms with Crippen LogP contribution in [0.4, 0.5) is 11.4 Å². The predicted molar refractivity (Wildman–Crippen MR) is 95.5 cm³/mol. The topological polar surface area (TPSA) is 72.5 Å². The molecule has 1 aromatic carbocycles. The number of amides is 1. The predicted octanol–water partition coefficient (Wildman–Crippen LogP) is 3.82. The second-order valence-electron chi connectivity index (χ2n) is 5.37. The number of ether oxygens (including phenoxy) is 2. The van der Waals surface area contributed by atoms with Crippen LogP contribution in [-0.4, -0.2) is 31.2 Å². The summed E-state index contributed by atoms with van der Waals surface area (Å²) in [6.07, 6.45) is 1.62. The van der Waals surface area contributed by atoms with Crippen molar-refractivity contribution in [2.45, 2.75) is 19.9 Å². The molecular formula is C17H20ClN3O3. The summed E-state index contributed by atoms with van der Waals surface area (Å²) in [7, 11) is 3.00. The molecule has 1 amide bonds. The quantitative estimate of drug-likeness (QED) is 0.829. The van der Waals surface area contributed by atoms with Crippen molar-refractivity contribution in [3.05, 3.63) is 41.2 Å². The molecule has 0 bridgehead atoms. The minimum absolute atomic E-state index is 0.289. The van der Waals surface area contributed by atoms with E-state index in [0.29, 0.717) is 27.9 Å². The van der Waals surface area contributed by atoms with Gasteiger partial charge < -0.3 is 20.1 Å². The summed E-state index contributed by atoms with van der Waals surface area (Å²) in [5, 5.41) is 6.37. The maximum atomic E-state index is 12.4. The SMILES string of the molecule is COc1cc(NC(=O)c2ccc(NC(C)C)cn2)c(OC)cc1Cl. The highest BCUT2D eigenvalue weighted by molar-refractivity contribution is 6.32. The third-order valence-electron chi connectivity index (χ3n) is 3.17. The van der Waals surface area contributed by atoms with Crippen LogP contribution in [0.3, 0.4) is 0 Å². The van der Waals surface area contributed by atoms with Crippen LogP contribution in [0.15, 0.2) is 30.5 Å². The van der Waals surface area contributed by atoms with Gasteiger partial charge in [-0.2, -0.15) is 0 Å². The van der Waals surface area contributed by atoms with E-state index in [4.69, 9.17) is 21.1 Å². The average molecular weight is 350 g/mol. The van der Waals surface area contributed by atoms with Gasteiger partial charge in [0.15, 0.2) is 0 Å². The smallest absolute Gasteiger partial charge is 0.274 e. The second-order valence-corrected chi connectivity index (χ2v) is 5.78. The van der Waals surface area contributed by atoms with E-state index < -0.39 is 0 Å². The highest BCUT2D eigenvalue weighted by Gasteiger charge is 2.14. The number of anilines is 2. The first-order chi connectivity index (χ1) is 11.4. The summed E-state index contributed by atoms with van der Waals surface area (Å²) in [6, 6.07) is 6.94. The summed E-state index contributed by atoms with van der Waals surface area (Å²) < 4.78 is 10.4. The number of hydrogen-bond donors (Lipinski definition) is 2. The number of hydrogen-bond acceptors (Lipinski definition) is 5. The first-order valence-corrected chi connectivity index (χ1v) is 7.78. The summed E-state index contributed by atoms with van der Waals surface area (Å²) in [5.74, 6) is 0.526. The maximum Gasteiger partial charge on any atom is 0.274 e. The summed E-state index contributed by atoms with van der Waals surface area (Å²) in [4.78, 5) is 16.5. The van der Waals surface area contributed by atoms with Gasteiger partial charge >= 0.3 is 0 Å². The van der Waals surface area contributed by atoms with E-state index >= 15 is 0 Å². The van der Waals surface area contributed by atoms with Crippen molar-refractivity contribution in [1.29, 1.82) is 0 Å². The maximum absolute atomic E-state index is 12.4. The Bertz CT molecular complexity index is 718. The molecule has 0 unspecified atom stereocenters. The molecule has 1 aromatic heterocycles. The minimum Gasteiger partial charge on any atom is -0.495 e. The molecule has 7 heteroatoms. The van der Waals surface area contributed by atoms with E-state index in [0.717, 1.165) is 5.69 Å². The van der Waals surface area contributed by atoms with Crippen LogP contribution in [0.2, 0.25) is 5.02 Å². The van der Waals surface area contributed by atoms with E-state index in [1.165, 1.54) is 14.2 Å². The molecule has 0 spiro atoms. The van der Waals surface area contributed by atoms with E-state index in [1.807, 2.05) is 19.9 Å². The van der Waals surface area contributed by atoms with Crippen LogP contribution >= 0.6 is 11.6 Å². The van der Waals surface area contributed by atoms with Crippen molar-refractivity contribution >= 4 is 28.9 Å². The van der Waals surface area contributed by atoms with Crippen LogP contribution < -0.4 is 20.1 Å². The number of nitrogens with one attached hydrogen (secondary N) is 2. The van der Waals surface area contributed by atoms with Gasteiger partial charge in [-0.3, -0.25) is 4.79 Å². The highest BCUT2D eigenvalue weighted by atomic mass is 35.5. The van der Waals surface area contributed by atoms with Gasteiger partial charge in [0.2, 0.25) is 0 Å². The van der Waals surface area contributed by atoms with Gasteiger partial charge in [-0.25, -0.2) is 4.98 Å². The molecule has 2 aromatic rings. The number of halogens is 1. The third kappa shape index (κ3) is 4.29. The standard InChI is InChI=1S/C17H20ClN3O3/c1-10(2)20-11-5-6-13(19-9-11)17(22)21-14-8-15(23-3)12(18)7-16(14)24-4/h5-10,20H,1-4H3,(H,21,22). The van der Waals surface area contributed by atoms with E-state index in [2.05, 4.69) is 15.6 Å². The van der Waals surface area contributed by atoms with Crippen LogP contribution in [0.1, 0.15) is 24.3 Å². The molecule has 24 heavy (non-hydrogen) atoms. The van der Waals surface area contributed by atoms with Gasteiger partial charge in [-0.05, 0) is 26.0 Å². The highest BCUT2D eigenvalue weighted by Crippen LogP contribution is 2.36. The fraction of sp³-hybridized carbons (Fsp3) is 0.294. The first kappa shape index (κ1) is 17.9. The van der Waals surface area contributed by atoms with Gasteiger partial charge in [0.05, 0.1) is 36.8 Å². The van der Waals surface area contributed by atoms with Gasteiger partial charge in [0, 0.05) is 18.2 Å². The molecule has 0 fully saturated rings. The number of nitrogens with zero attached hydrogens (tertiary/aromatic N) is 1. The Kier molecular flexibility index (Phi) is 5.87. The largest absolute Gasteiger partial charge is 0.495 e. The molecular weight excluding hydrogens is 330 g/mol. The first-order valence-electron chi connectivity index (χ1n) is 7.40. The number of benzene rings is 1. The Morgan fingerprint density at radius 1 is 1.17 bits per heavy atom. The lowest BCUT2D eigenvalue weighted by atomic mass is 10.2. The fourth-order valence-corrected chi connectivity index (χ4v) is 2.32. The van der Waals surface area contributed by atoms with Gasteiger partial charge in [-0.15, -0.1) is 0 Å². The summed E-state index contributed by atoms with van der Waals surface area (Å²) in [5.41, 5.74) is 1.60. The molecule has 128 valence electrons. The van der Waals surface area contributed by atoms with Crippen molar-refractivity contribution in [2.24, 2.45) is 0 Å². The Balaban J connectivity index is 2.20. The number of carbonyl (C=O) groups excluding carboxylic acids is 1. The summed E-state index contributed by atoms with van der Waals surface area (Å²) in [6.45, 7) is 4.06. The van der Waals surface area contributed by atoms with Crippen molar-refractivity contribution in [3.8, 4) is 11.5 Å². The molecule has 0 atom stereocenters. The zero-order valence-electron chi connectivity index (χ0n) is 14.0. The van der Waals surface area contributed by atoms with Crippen molar-refractivity contribution in [3.63, 3.8) is 0 Å². The Hall–Kier alpha value is -2.47. The number of rotatable bonds is 6. The molecule has 0 aliphatic heterocycles. The van der Waals surface area contributed by atoms with E-state index in [9.17, 15) is 4.79 Å². The Morgan fingerprint density at radius 2 is 1.88 bits per heavy atom. The Morgan fingerprint density at radius 3 is 2.42 bits per heavy atom. The molecule has 1 heterocycles. The lowest BCUT2D eigenvalue weighted by Gasteiger charge is -2.13. The van der Waals surface area contributed by atoms with Crippen LogP contribution in [-0.2, 0) is 0 Å². The van der Waals surface area contributed by atoms with Crippen molar-refractivity contribution < 1.29 is 14.3 Å². The fourth-order valence-electron chi connectivity index (χ4n) is 2.09. The van der Waals surface area contributed by atoms with Crippen molar-refractivity contribution in [1.82, 2.24) is 4.98 Å². The molecule has 0 radical (unpaired) electrons. The third-order valence-corrected chi connectivity index (χ3v) is 3.47. The number of methoxy groups -OCH3 is 2. The molecule has 2 rings (SSSR count). The van der Waals surface area contributed by atoms with Gasteiger partial charge in [0.25, 0.3) is 5.91 Å². The average Bonchev–Trinajstić information content (AvgIpc) is 2.56. The second kappa shape index (κ2) is 7.88. The van der Waals surface area contributed by atoms with Gasteiger partial charge in [0.1, 0.15) is 17.2 Å². The monoisotopic (exact) mass is 349 g/mol. The van der Waals surface area contributed by atoms with Crippen LogP contribution in [0, 0.1) is 0 Å². The van der Waals surface area contributed by atoms with Crippen LogP contribution in [0.5, 0.6) is 11.5 Å². The van der Waals surface area contributed by atoms with E-state index in [1.54, 1.807) is 24.4 Å². The molecule has 6 nitrogen and oxygen atoms in total. The Labute approximate surface area is 146 Å². The van der Waals surface area contributed by atoms with Crippen molar-refractivity contribution in [2.75, 3.05) is 24.9 Å². The zero-order valence-corrected chi connectivity index (χ0v) is 14.8. The normalized spacial score (nSPS) is 10.4. The number of pyridine rings is 1. The lowest BCUT2D eigenvalue weighted by molar-refractivity contribution is 0.102.